The molecule has 1 aliphatic heterocycles. The van der Waals surface area contributed by atoms with Gasteiger partial charge in [-0.3, -0.25) is 14.5 Å². The Kier molecular flexibility index (Phi) is 4.69. The molecule has 132 valence electrons. The number of nitrogens with zero attached hydrogens (tertiary/aromatic N) is 1. The molecule has 0 unspecified atom stereocenters. The number of nitrogens with one attached hydrogen (secondary N) is 1. The minimum atomic E-state index is -1.06. The van der Waals surface area contributed by atoms with Gasteiger partial charge in [0.1, 0.15) is 12.4 Å². The van der Waals surface area contributed by atoms with Gasteiger partial charge in [0.15, 0.2) is 0 Å². The van der Waals surface area contributed by atoms with Crippen molar-refractivity contribution in [2.75, 3.05) is 23.4 Å². The number of ether oxygens (including phenoxy) is 1. The Bertz CT molecular complexity index is 749. The fraction of sp³-hybridized carbons (Fsp3) is 0.353. The third-order valence-corrected chi connectivity index (χ3v) is 4.37. The second-order valence-electron chi connectivity index (χ2n) is 5.91. The Balaban J connectivity index is 1.79. The van der Waals surface area contributed by atoms with Crippen LogP contribution in [0.25, 0.3) is 0 Å². The molecule has 1 fully saturated rings. The van der Waals surface area contributed by atoms with Crippen LogP contribution >= 0.6 is 0 Å². The predicted molar refractivity (Wildman–Crippen MR) is 86.7 cm³/mol. The molecular formula is C17H17FN2O5. The van der Waals surface area contributed by atoms with Crippen LogP contribution in [0.1, 0.15) is 12.8 Å². The van der Waals surface area contributed by atoms with Crippen LogP contribution in [-0.4, -0.2) is 36.2 Å². The molecule has 0 aromatic heterocycles. The van der Waals surface area contributed by atoms with Crippen LogP contribution in [0.3, 0.4) is 0 Å². The molecule has 8 heteroatoms. The molecule has 0 bridgehead atoms. The molecule has 0 radical (unpaired) electrons. The Morgan fingerprint density at radius 2 is 1.96 bits per heavy atom. The van der Waals surface area contributed by atoms with Gasteiger partial charge in [-0.15, -0.1) is 0 Å². The molecule has 1 aromatic carbocycles. The highest BCUT2D eigenvalue weighted by atomic mass is 19.1. The third kappa shape index (κ3) is 3.47. The first-order valence-electron chi connectivity index (χ1n) is 7.90. The highest BCUT2D eigenvalue weighted by molar-refractivity contribution is 5.97. The van der Waals surface area contributed by atoms with E-state index in [-0.39, 0.29) is 25.1 Å². The number of benzene rings is 1. The summed E-state index contributed by atoms with van der Waals surface area (Å²) in [6.45, 7) is 0.582. The van der Waals surface area contributed by atoms with E-state index in [1.807, 2.05) is 0 Å². The number of carbonyl (C=O) groups is 3. The van der Waals surface area contributed by atoms with E-state index in [0.29, 0.717) is 12.2 Å². The molecule has 1 saturated heterocycles. The Hall–Kier alpha value is -2.90. The summed E-state index contributed by atoms with van der Waals surface area (Å²) in [5.41, 5.74) is 0.304. The Morgan fingerprint density at radius 3 is 2.60 bits per heavy atom. The average molecular weight is 348 g/mol. The number of carboxylic acids is 1. The molecule has 2 amide bonds. The number of amides is 2. The summed E-state index contributed by atoms with van der Waals surface area (Å²) in [6, 6.07) is 3.90. The van der Waals surface area contributed by atoms with Crippen molar-refractivity contribution in [2.24, 2.45) is 11.8 Å². The van der Waals surface area contributed by atoms with Crippen molar-refractivity contribution in [2.45, 2.75) is 12.8 Å². The van der Waals surface area contributed by atoms with Crippen molar-refractivity contribution in [3.8, 4) is 0 Å². The zero-order valence-corrected chi connectivity index (χ0v) is 13.3. The van der Waals surface area contributed by atoms with E-state index >= 15 is 0 Å². The van der Waals surface area contributed by atoms with Crippen LogP contribution in [-0.2, 0) is 14.3 Å². The van der Waals surface area contributed by atoms with Crippen molar-refractivity contribution < 1.29 is 28.6 Å². The molecule has 2 aliphatic rings. The van der Waals surface area contributed by atoms with Gasteiger partial charge in [-0.1, -0.05) is 12.2 Å². The minimum Gasteiger partial charge on any atom is -0.481 e. The fourth-order valence-electron chi connectivity index (χ4n) is 3.01. The van der Waals surface area contributed by atoms with E-state index in [9.17, 15) is 23.9 Å². The highest BCUT2D eigenvalue weighted by Crippen LogP contribution is 2.29. The number of aliphatic carboxylic acids is 1. The van der Waals surface area contributed by atoms with Gasteiger partial charge in [0.25, 0.3) is 0 Å². The zero-order valence-electron chi connectivity index (χ0n) is 13.3. The molecule has 7 nitrogen and oxygen atoms in total. The quantitative estimate of drug-likeness (QED) is 0.815. The maximum atomic E-state index is 14.1. The standard InChI is InChI=1S/C17H17FN2O5/c18-13-6-5-10(20-7-8-25-17(20)24)9-14(13)19-15(21)11-3-1-2-4-12(11)16(22)23/h1-2,5-6,9,11-12H,3-4,7-8H2,(H,19,21)(H,22,23)/t11-,12-/m1/s1. The van der Waals surface area contributed by atoms with Crippen LogP contribution in [0, 0.1) is 17.7 Å². The van der Waals surface area contributed by atoms with Gasteiger partial charge >= 0.3 is 12.1 Å². The molecule has 2 N–H and O–H groups in total. The Labute approximate surface area is 143 Å². The monoisotopic (exact) mass is 348 g/mol. The molecule has 1 aliphatic carbocycles. The summed E-state index contributed by atoms with van der Waals surface area (Å²) in [6.07, 6.45) is 3.48. The molecule has 3 rings (SSSR count). The van der Waals surface area contributed by atoms with E-state index < -0.39 is 35.6 Å². The highest BCUT2D eigenvalue weighted by Gasteiger charge is 2.34. The Morgan fingerprint density at radius 1 is 1.24 bits per heavy atom. The summed E-state index contributed by atoms with van der Waals surface area (Å²) in [5, 5.41) is 11.7. The number of hydrogen-bond acceptors (Lipinski definition) is 4. The lowest BCUT2D eigenvalue weighted by Crippen LogP contribution is -2.35. The predicted octanol–water partition coefficient (Wildman–Crippen LogP) is 2.39. The maximum Gasteiger partial charge on any atom is 0.414 e. The topological polar surface area (TPSA) is 95.9 Å². The number of allylic oxidation sites excluding steroid dienone is 2. The molecule has 0 saturated carbocycles. The summed E-state index contributed by atoms with van der Waals surface area (Å²) in [4.78, 5) is 36.7. The van der Waals surface area contributed by atoms with Crippen molar-refractivity contribution in [1.82, 2.24) is 0 Å². The summed E-state index contributed by atoms with van der Waals surface area (Å²) < 4.78 is 18.9. The fourth-order valence-corrected chi connectivity index (χ4v) is 3.01. The molecule has 2 atom stereocenters. The van der Waals surface area contributed by atoms with Gasteiger partial charge in [-0.05, 0) is 31.0 Å². The second kappa shape index (κ2) is 6.92. The average Bonchev–Trinajstić information content (AvgIpc) is 3.02. The first-order valence-corrected chi connectivity index (χ1v) is 7.90. The molecule has 25 heavy (non-hydrogen) atoms. The molecule has 1 aromatic rings. The molecule has 0 spiro atoms. The third-order valence-electron chi connectivity index (χ3n) is 4.37. The zero-order chi connectivity index (χ0) is 18.0. The van der Waals surface area contributed by atoms with Crippen molar-refractivity contribution in [1.29, 1.82) is 0 Å². The van der Waals surface area contributed by atoms with Crippen LogP contribution < -0.4 is 10.2 Å². The number of carboxylic acid groups (broad SMARTS) is 1. The van der Waals surface area contributed by atoms with E-state index in [1.165, 1.54) is 17.0 Å². The summed E-state index contributed by atoms with van der Waals surface area (Å²) in [5.74, 6) is -3.90. The van der Waals surface area contributed by atoms with Gasteiger partial charge in [0, 0.05) is 5.69 Å². The SMILES string of the molecule is O=C(O)[C@@H]1CC=CC[C@H]1C(=O)Nc1cc(N2CCOC2=O)ccc1F. The van der Waals surface area contributed by atoms with Gasteiger partial charge in [-0.25, -0.2) is 9.18 Å². The number of halogens is 1. The van der Waals surface area contributed by atoms with Crippen LogP contribution in [0.5, 0.6) is 0 Å². The van der Waals surface area contributed by atoms with Gasteiger partial charge in [-0.2, -0.15) is 0 Å². The van der Waals surface area contributed by atoms with Crippen molar-refractivity contribution in [3.05, 3.63) is 36.2 Å². The maximum absolute atomic E-state index is 14.1. The van der Waals surface area contributed by atoms with E-state index in [4.69, 9.17) is 4.74 Å². The first-order chi connectivity index (χ1) is 12.0. The lowest BCUT2D eigenvalue weighted by molar-refractivity contribution is -0.146. The van der Waals surface area contributed by atoms with E-state index in [2.05, 4.69) is 5.32 Å². The number of rotatable bonds is 4. The van der Waals surface area contributed by atoms with Gasteiger partial charge < -0.3 is 15.2 Å². The minimum absolute atomic E-state index is 0.0964. The number of cyclic esters (lactones) is 1. The van der Waals surface area contributed by atoms with Crippen LogP contribution in [0.2, 0.25) is 0 Å². The second-order valence-corrected chi connectivity index (χ2v) is 5.91. The number of carbonyl (C=O) groups excluding carboxylic acids is 2. The lowest BCUT2D eigenvalue weighted by atomic mass is 9.82. The normalized spacial score (nSPS) is 22.6. The van der Waals surface area contributed by atoms with E-state index in [0.717, 1.165) is 6.07 Å². The van der Waals surface area contributed by atoms with Crippen LogP contribution in [0.15, 0.2) is 30.4 Å². The van der Waals surface area contributed by atoms with Crippen LogP contribution in [0.4, 0.5) is 20.6 Å². The van der Waals surface area contributed by atoms with E-state index in [1.54, 1.807) is 12.2 Å². The first kappa shape index (κ1) is 16.9. The number of anilines is 2. The van der Waals surface area contributed by atoms with Gasteiger partial charge in [0.2, 0.25) is 5.91 Å². The molecule has 1 heterocycles. The largest absolute Gasteiger partial charge is 0.481 e. The van der Waals surface area contributed by atoms with Crippen molar-refractivity contribution >= 4 is 29.3 Å². The number of hydrogen-bond donors (Lipinski definition) is 2. The molecular weight excluding hydrogens is 331 g/mol. The summed E-state index contributed by atoms with van der Waals surface area (Å²) >= 11 is 0. The smallest absolute Gasteiger partial charge is 0.414 e. The lowest BCUT2D eigenvalue weighted by Gasteiger charge is -2.24. The van der Waals surface area contributed by atoms with Gasteiger partial charge in [0.05, 0.1) is 24.1 Å². The van der Waals surface area contributed by atoms with Crippen molar-refractivity contribution in [3.63, 3.8) is 0 Å². The summed E-state index contributed by atoms with van der Waals surface area (Å²) in [7, 11) is 0.